The van der Waals surface area contributed by atoms with Gasteiger partial charge in [-0.05, 0) is 175 Å². The SMILES string of the molecule is CC(C)(C)OC(=O)NCCCN1CCN(c2cccc(-c3cnc4ccc(C5CCC[C@@H]5c5cccc(F)c5)nn34)n2)CC1.Cl.NCCCN1CCN(c2cccc(-c3cnc4ccc(C5CCC[C@@H]5c5cccc(F)c5)nn34)n2)CC1. The van der Waals surface area contributed by atoms with E-state index in [9.17, 15) is 13.6 Å². The maximum absolute atomic E-state index is 14.0. The number of carbonyl (C=O) groups excluding carboxylic acids is 1. The van der Waals surface area contributed by atoms with Crippen LogP contribution >= 0.6 is 12.4 Å². The van der Waals surface area contributed by atoms with Crippen molar-refractivity contribution in [1.29, 1.82) is 0 Å². The number of piperazine rings is 2. The molecule has 6 aromatic heterocycles. The summed E-state index contributed by atoms with van der Waals surface area (Å²) in [5, 5.41) is 13.0. The third-order valence-corrected chi connectivity index (χ3v) is 16.5. The molecular formula is C63H77ClF2N14O2. The van der Waals surface area contributed by atoms with Crippen LogP contribution in [0.15, 0.2) is 122 Å². The first-order valence-electron chi connectivity index (χ1n) is 29.2. The number of nitrogens with zero attached hydrogens (tertiary/aromatic N) is 12. The van der Waals surface area contributed by atoms with E-state index in [1.54, 1.807) is 18.2 Å². The Balaban J connectivity index is 0.000000184. The van der Waals surface area contributed by atoms with E-state index in [-0.39, 0.29) is 53.8 Å². The molecule has 4 aliphatic rings. The number of nitrogens with two attached hydrogens (primary N) is 1. The van der Waals surface area contributed by atoms with Crippen LogP contribution in [0.4, 0.5) is 25.2 Å². The molecule has 4 fully saturated rings. The minimum Gasteiger partial charge on any atom is -0.444 e. The molecule has 2 aliphatic heterocycles. The molecule has 2 saturated heterocycles. The van der Waals surface area contributed by atoms with Gasteiger partial charge in [0.05, 0.1) is 35.2 Å². The summed E-state index contributed by atoms with van der Waals surface area (Å²) >= 11 is 0. The fourth-order valence-corrected chi connectivity index (χ4v) is 12.4. The fourth-order valence-electron chi connectivity index (χ4n) is 12.4. The zero-order valence-corrected chi connectivity index (χ0v) is 48.2. The first kappa shape index (κ1) is 58.1. The molecule has 2 aromatic carbocycles. The molecule has 432 valence electrons. The van der Waals surface area contributed by atoms with Gasteiger partial charge in [0.2, 0.25) is 0 Å². The number of imidazole rings is 2. The predicted molar refractivity (Wildman–Crippen MR) is 321 cm³/mol. The number of fused-ring (bicyclic) bond motifs is 2. The van der Waals surface area contributed by atoms with Gasteiger partial charge >= 0.3 is 6.09 Å². The van der Waals surface area contributed by atoms with Gasteiger partial charge in [-0.25, -0.2) is 42.5 Å². The summed E-state index contributed by atoms with van der Waals surface area (Å²) < 4.78 is 37.1. The van der Waals surface area contributed by atoms with Crippen LogP contribution in [-0.4, -0.2) is 139 Å². The average molecular weight is 1140 g/mol. The topological polar surface area (TPSA) is 163 Å². The number of amides is 1. The second-order valence-corrected chi connectivity index (χ2v) is 23.1. The standard InChI is InChI=1S/C34H42FN7O2.C29H34FN7.ClH/c1-34(2,3)44-33(43)36-16-7-17-40-18-20-41(21-19-40)32-13-6-12-29(38-32)30-23-37-31-15-14-28(39-42(30)31)27-11-5-10-26(27)24-8-4-9-25(35)22-24;30-22-6-1-5-21(19-22)23-7-2-8-24(23)25-11-12-28-32-20-27(37(28)34-25)26-9-3-10-29(33-26)36-17-15-35(16-18-36)14-4-13-31;/h4,6,8-9,12-15,22-23,26-27H,5,7,10-11,16-21H2,1-3H3,(H,36,43);1,3,5-6,9-12,19-20,23-24H,2,4,7-8,13-18,31H2;1H/t26-,27?;23-,24?;/m11./s1. The van der Waals surface area contributed by atoms with Crippen molar-refractivity contribution in [2.45, 2.75) is 101 Å². The van der Waals surface area contributed by atoms with E-state index in [2.05, 4.69) is 65.2 Å². The molecule has 82 heavy (non-hydrogen) atoms. The van der Waals surface area contributed by atoms with E-state index in [4.69, 9.17) is 30.6 Å². The second kappa shape index (κ2) is 26.4. The Labute approximate surface area is 485 Å². The zero-order valence-electron chi connectivity index (χ0n) is 47.4. The van der Waals surface area contributed by atoms with Crippen molar-refractivity contribution in [3.8, 4) is 22.8 Å². The number of ether oxygens (including phenoxy) is 1. The fraction of sp³-hybridized carbons (Fsp3) is 0.444. The largest absolute Gasteiger partial charge is 0.444 e. The van der Waals surface area contributed by atoms with Gasteiger partial charge in [0.1, 0.15) is 40.3 Å². The third-order valence-electron chi connectivity index (χ3n) is 16.5. The van der Waals surface area contributed by atoms with Crippen LogP contribution in [0.1, 0.15) is 118 Å². The van der Waals surface area contributed by atoms with Gasteiger partial charge in [0.15, 0.2) is 11.3 Å². The van der Waals surface area contributed by atoms with Crippen LogP contribution in [-0.2, 0) is 4.74 Å². The van der Waals surface area contributed by atoms with Crippen LogP contribution in [0.2, 0.25) is 0 Å². The monoisotopic (exact) mass is 1130 g/mol. The van der Waals surface area contributed by atoms with Crippen molar-refractivity contribution in [2.24, 2.45) is 5.73 Å². The Kier molecular flexibility index (Phi) is 18.7. The van der Waals surface area contributed by atoms with E-state index in [1.807, 2.05) is 90.7 Å². The van der Waals surface area contributed by atoms with Crippen molar-refractivity contribution in [2.75, 3.05) is 88.3 Å². The molecule has 3 N–H and O–H groups in total. The highest BCUT2D eigenvalue weighted by molar-refractivity contribution is 5.85. The summed E-state index contributed by atoms with van der Waals surface area (Å²) in [7, 11) is 0. The van der Waals surface area contributed by atoms with E-state index in [0.717, 1.165) is 192 Å². The van der Waals surface area contributed by atoms with Gasteiger partial charge in [-0.3, -0.25) is 9.80 Å². The molecule has 1 amide bonds. The van der Waals surface area contributed by atoms with Crippen molar-refractivity contribution >= 4 is 41.4 Å². The number of hydrogen-bond acceptors (Lipinski definition) is 13. The quantitative estimate of drug-likeness (QED) is 0.0933. The number of carbonyl (C=O) groups is 1. The summed E-state index contributed by atoms with van der Waals surface area (Å²) in [6.07, 6.45) is 11.6. The lowest BCUT2D eigenvalue weighted by molar-refractivity contribution is 0.0525. The average Bonchev–Trinajstić information content (AvgIpc) is 4.45. The Morgan fingerprint density at radius 3 is 1.50 bits per heavy atom. The molecule has 8 aromatic rings. The molecule has 8 heterocycles. The number of halogens is 3. The molecule has 2 saturated carbocycles. The smallest absolute Gasteiger partial charge is 0.407 e. The molecule has 12 rings (SSSR count). The minimum absolute atomic E-state index is 0. The molecule has 0 spiro atoms. The van der Waals surface area contributed by atoms with E-state index in [1.165, 1.54) is 12.1 Å². The number of aromatic nitrogens is 8. The lowest BCUT2D eigenvalue weighted by Crippen LogP contribution is -2.47. The maximum atomic E-state index is 14.0. The van der Waals surface area contributed by atoms with Crippen LogP contribution in [0.25, 0.3) is 34.1 Å². The van der Waals surface area contributed by atoms with Gasteiger partial charge in [-0.1, -0.05) is 49.2 Å². The number of benzene rings is 2. The highest BCUT2D eigenvalue weighted by Crippen LogP contribution is 2.47. The van der Waals surface area contributed by atoms with Crippen LogP contribution in [0.3, 0.4) is 0 Å². The van der Waals surface area contributed by atoms with E-state index in [0.29, 0.717) is 6.54 Å². The van der Waals surface area contributed by atoms with Crippen molar-refractivity contribution < 1.29 is 18.3 Å². The van der Waals surface area contributed by atoms with Crippen molar-refractivity contribution in [3.05, 3.63) is 156 Å². The highest BCUT2D eigenvalue weighted by Gasteiger charge is 2.33. The molecule has 4 atom stereocenters. The lowest BCUT2D eigenvalue weighted by Gasteiger charge is -2.35. The number of rotatable bonds is 15. The van der Waals surface area contributed by atoms with Crippen LogP contribution < -0.4 is 20.9 Å². The maximum Gasteiger partial charge on any atom is 0.407 e. The van der Waals surface area contributed by atoms with Gasteiger partial charge in [0.25, 0.3) is 0 Å². The first-order valence-corrected chi connectivity index (χ1v) is 29.2. The van der Waals surface area contributed by atoms with Crippen molar-refractivity contribution in [3.63, 3.8) is 0 Å². The van der Waals surface area contributed by atoms with Crippen LogP contribution in [0, 0.1) is 11.6 Å². The van der Waals surface area contributed by atoms with Gasteiger partial charge in [-0.2, -0.15) is 10.2 Å². The molecule has 16 nitrogen and oxygen atoms in total. The normalized spacial score (nSPS) is 19.7. The predicted octanol–water partition coefficient (Wildman–Crippen LogP) is 10.9. The Morgan fingerprint density at radius 1 is 0.598 bits per heavy atom. The summed E-state index contributed by atoms with van der Waals surface area (Å²) in [5.41, 5.74) is 14.4. The summed E-state index contributed by atoms with van der Waals surface area (Å²) in [6.45, 7) is 16.5. The highest BCUT2D eigenvalue weighted by atomic mass is 35.5. The molecule has 2 aliphatic carbocycles. The Bertz CT molecular complexity index is 3410. The van der Waals surface area contributed by atoms with Crippen molar-refractivity contribution in [1.82, 2.24) is 54.3 Å². The van der Waals surface area contributed by atoms with E-state index < -0.39 is 5.60 Å². The minimum atomic E-state index is -0.485. The van der Waals surface area contributed by atoms with Gasteiger partial charge < -0.3 is 25.6 Å². The molecule has 2 unspecified atom stereocenters. The second-order valence-electron chi connectivity index (χ2n) is 23.1. The summed E-state index contributed by atoms with van der Waals surface area (Å²) in [6, 6.07) is 34.6. The Morgan fingerprint density at radius 2 is 1.05 bits per heavy atom. The molecule has 0 bridgehead atoms. The van der Waals surface area contributed by atoms with Crippen LogP contribution in [0.5, 0.6) is 0 Å². The summed E-state index contributed by atoms with van der Waals surface area (Å²) in [5.74, 6) is 2.60. The van der Waals surface area contributed by atoms with Gasteiger partial charge in [0, 0.05) is 70.7 Å². The third kappa shape index (κ3) is 13.9. The molecule has 19 heteroatoms. The number of alkyl carbamates (subject to hydrolysis) is 1. The lowest BCUT2D eigenvalue weighted by atomic mass is 9.86. The Hall–Kier alpha value is -7.12. The molecular weight excluding hydrogens is 1060 g/mol. The zero-order chi connectivity index (χ0) is 55.9. The first-order chi connectivity index (χ1) is 39.4. The number of pyridine rings is 2. The van der Waals surface area contributed by atoms with Gasteiger partial charge in [-0.15, -0.1) is 12.4 Å². The number of hydrogen-bond donors (Lipinski definition) is 2. The number of anilines is 2. The molecule has 0 radical (unpaired) electrons. The van der Waals surface area contributed by atoms with E-state index >= 15 is 0 Å². The number of nitrogens with one attached hydrogen (secondary N) is 1. The summed E-state index contributed by atoms with van der Waals surface area (Å²) in [4.78, 5) is 40.7.